The van der Waals surface area contributed by atoms with Gasteiger partial charge in [0.25, 0.3) is 0 Å². The van der Waals surface area contributed by atoms with Gasteiger partial charge in [-0.25, -0.2) is 0 Å². The lowest BCUT2D eigenvalue weighted by Crippen LogP contribution is -2.60. The Morgan fingerprint density at radius 2 is 1.45 bits per heavy atom. The lowest BCUT2D eigenvalue weighted by molar-refractivity contribution is 0.0560. The molecule has 0 bridgehead atoms. The molecule has 1 fully saturated rings. The maximum Gasteiger partial charge on any atom is 0.139 e. The molecule has 2 nitrogen and oxygen atoms in total. The number of rotatable bonds is 2. The second-order valence-electron chi connectivity index (χ2n) is 6.74. The van der Waals surface area contributed by atoms with Crippen LogP contribution >= 0.6 is 34.8 Å². The zero-order valence-corrected chi connectivity index (χ0v) is 14.5. The standard InChI is InChI=1S/C15H20Cl3NO/c1-14(2)7-9(8-15(3,4)19-14)20-13-6-11(17)10(16)5-12(13)18/h5-6,9,19H,7-8H2,1-4H3. The van der Waals surface area contributed by atoms with Crippen LogP contribution in [0.25, 0.3) is 0 Å². The zero-order valence-electron chi connectivity index (χ0n) is 12.2. The first kappa shape index (κ1) is 16.2. The summed E-state index contributed by atoms with van der Waals surface area (Å²) in [5.41, 5.74) is 0.0459. The fraction of sp³-hybridized carbons (Fsp3) is 0.600. The molecule has 1 aromatic carbocycles. The predicted molar refractivity (Wildman–Crippen MR) is 86.4 cm³/mol. The van der Waals surface area contributed by atoms with E-state index in [2.05, 4.69) is 33.0 Å². The van der Waals surface area contributed by atoms with E-state index in [1.807, 2.05) is 0 Å². The second kappa shape index (κ2) is 5.57. The van der Waals surface area contributed by atoms with E-state index in [1.54, 1.807) is 12.1 Å². The minimum absolute atomic E-state index is 0.0229. The van der Waals surface area contributed by atoms with Crippen LogP contribution < -0.4 is 10.1 Å². The van der Waals surface area contributed by atoms with Crippen LogP contribution in [0.2, 0.25) is 15.1 Å². The van der Waals surface area contributed by atoms with Crippen LogP contribution in [0.5, 0.6) is 5.75 Å². The molecule has 1 heterocycles. The van der Waals surface area contributed by atoms with E-state index in [-0.39, 0.29) is 17.2 Å². The molecule has 5 heteroatoms. The minimum atomic E-state index is 0.0229. The summed E-state index contributed by atoms with van der Waals surface area (Å²) in [6.45, 7) is 8.73. The highest BCUT2D eigenvalue weighted by atomic mass is 35.5. The molecule has 0 aromatic heterocycles. The number of hydrogen-bond acceptors (Lipinski definition) is 2. The largest absolute Gasteiger partial charge is 0.489 e. The summed E-state index contributed by atoms with van der Waals surface area (Å²) >= 11 is 18.1. The van der Waals surface area contributed by atoms with E-state index in [4.69, 9.17) is 39.5 Å². The summed E-state index contributed by atoms with van der Waals surface area (Å²) in [4.78, 5) is 0. The lowest BCUT2D eigenvalue weighted by atomic mass is 9.81. The highest BCUT2D eigenvalue weighted by molar-refractivity contribution is 6.43. The highest BCUT2D eigenvalue weighted by Gasteiger charge is 2.38. The van der Waals surface area contributed by atoms with Crippen LogP contribution in [0, 0.1) is 0 Å². The van der Waals surface area contributed by atoms with E-state index < -0.39 is 0 Å². The van der Waals surface area contributed by atoms with Crippen LogP contribution in [0.3, 0.4) is 0 Å². The van der Waals surface area contributed by atoms with Gasteiger partial charge in [-0.2, -0.15) is 0 Å². The maximum absolute atomic E-state index is 6.18. The Labute approximate surface area is 135 Å². The monoisotopic (exact) mass is 335 g/mol. The van der Waals surface area contributed by atoms with Crippen molar-refractivity contribution < 1.29 is 4.74 Å². The topological polar surface area (TPSA) is 21.3 Å². The summed E-state index contributed by atoms with van der Waals surface area (Å²) in [7, 11) is 0. The van der Waals surface area contributed by atoms with Crippen LogP contribution in [-0.2, 0) is 0 Å². The van der Waals surface area contributed by atoms with Gasteiger partial charge in [0, 0.05) is 30.0 Å². The average molecular weight is 337 g/mol. The molecule has 0 aliphatic carbocycles. The van der Waals surface area contributed by atoms with Gasteiger partial charge in [0.1, 0.15) is 11.9 Å². The number of halogens is 3. The van der Waals surface area contributed by atoms with E-state index in [9.17, 15) is 0 Å². The van der Waals surface area contributed by atoms with Crippen molar-refractivity contribution in [2.24, 2.45) is 0 Å². The van der Waals surface area contributed by atoms with E-state index in [1.165, 1.54) is 0 Å². The predicted octanol–water partition coefficient (Wildman–Crippen LogP) is 5.33. The smallest absolute Gasteiger partial charge is 0.139 e. The van der Waals surface area contributed by atoms with Crippen molar-refractivity contribution >= 4 is 34.8 Å². The SMILES string of the molecule is CC1(C)CC(Oc2cc(Cl)c(Cl)cc2Cl)CC(C)(C)N1. The highest BCUT2D eigenvalue weighted by Crippen LogP contribution is 2.37. The summed E-state index contributed by atoms with van der Waals surface area (Å²) in [6.07, 6.45) is 1.91. The third kappa shape index (κ3) is 3.94. The molecule has 1 N–H and O–H groups in total. The van der Waals surface area contributed by atoms with Crippen LogP contribution in [0.4, 0.5) is 0 Å². The van der Waals surface area contributed by atoms with Gasteiger partial charge in [-0.1, -0.05) is 34.8 Å². The van der Waals surface area contributed by atoms with Crippen molar-refractivity contribution in [1.82, 2.24) is 5.32 Å². The molecule has 0 amide bonds. The first-order valence-electron chi connectivity index (χ1n) is 6.69. The van der Waals surface area contributed by atoms with Crippen molar-refractivity contribution in [2.75, 3.05) is 0 Å². The van der Waals surface area contributed by atoms with E-state index in [0.29, 0.717) is 20.8 Å². The number of benzene rings is 1. The maximum atomic E-state index is 6.18. The minimum Gasteiger partial charge on any atom is -0.489 e. The molecular formula is C15H20Cl3NO. The number of hydrogen-bond donors (Lipinski definition) is 1. The number of piperidine rings is 1. The Bertz CT molecular complexity index is 498. The summed E-state index contributed by atoms with van der Waals surface area (Å²) in [5, 5.41) is 5.01. The van der Waals surface area contributed by atoms with Gasteiger partial charge in [0.2, 0.25) is 0 Å². The number of ether oxygens (including phenoxy) is 1. The molecule has 0 radical (unpaired) electrons. The lowest BCUT2D eigenvalue weighted by Gasteiger charge is -2.46. The van der Waals surface area contributed by atoms with Gasteiger partial charge in [-0.05, 0) is 33.8 Å². The molecule has 1 saturated heterocycles. The van der Waals surface area contributed by atoms with Gasteiger partial charge >= 0.3 is 0 Å². The quantitative estimate of drug-likeness (QED) is 0.736. The van der Waals surface area contributed by atoms with Crippen LogP contribution in [0.1, 0.15) is 40.5 Å². The molecule has 2 rings (SSSR count). The first-order valence-corrected chi connectivity index (χ1v) is 7.82. The van der Waals surface area contributed by atoms with Crippen molar-refractivity contribution in [3.8, 4) is 5.75 Å². The van der Waals surface area contributed by atoms with Gasteiger partial charge in [0.15, 0.2) is 0 Å². The van der Waals surface area contributed by atoms with Crippen molar-refractivity contribution in [3.05, 3.63) is 27.2 Å². The fourth-order valence-corrected chi connectivity index (χ4v) is 3.67. The molecule has 0 saturated carbocycles. The summed E-state index contributed by atoms with van der Waals surface area (Å²) < 4.78 is 6.08. The molecule has 0 atom stereocenters. The average Bonchev–Trinajstić information content (AvgIpc) is 2.21. The molecule has 0 unspecified atom stereocenters. The van der Waals surface area contributed by atoms with Gasteiger partial charge in [-0.3, -0.25) is 0 Å². The Balaban J connectivity index is 2.19. The van der Waals surface area contributed by atoms with E-state index in [0.717, 1.165) is 12.8 Å². The van der Waals surface area contributed by atoms with Crippen molar-refractivity contribution in [3.63, 3.8) is 0 Å². The normalized spacial score (nSPS) is 21.8. The zero-order chi connectivity index (χ0) is 15.1. The Hall–Kier alpha value is -0.150. The first-order chi connectivity index (χ1) is 9.08. The third-order valence-electron chi connectivity index (χ3n) is 3.42. The molecule has 1 aliphatic heterocycles. The molecule has 20 heavy (non-hydrogen) atoms. The van der Waals surface area contributed by atoms with Crippen LogP contribution in [-0.4, -0.2) is 17.2 Å². The second-order valence-corrected chi connectivity index (χ2v) is 7.96. The van der Waals surface area contributed by atoms with Gasteiger partial charge < -0.3 is 10.1 Å². The van der Waals surface area contributed by atoms with Gasteiger partial charge in [0.05, 0.1) is 15.1 Å². The molecule has 0 spiro atoms. The molecule has 112 valence electrons. The Morgan fingerprint density at radius 3 is 2.00 bits per heavy atom. The Morgan fingerprint density at radius 1 is 0.950 bits per heavy atom. The van der Waals surface area contributed by atoms with Gasteiger partial charge in [-0.15, -0.1) is 0 Å². The summed E-state index contributed by atoms with van der Waals surface area (Å²) in [5.74, 6) is 0.597. The molecule has 1 aliphatic rings. The molecule has 1 aromatic rings. The summed E-state index contributed by atoms with van der Waals surface area (Å²) in [6, 6.07) is 3.31. The van der Waals surface area contributed by atoms with Crippen molar-refractivity contribution in [2.45, 2.75) is 57.7 Å². The van der Waals surface area contributed by atoms with E-state index >= 15 is 0 Å². The Kier molecular flexibility index (Phi) is 4.52. The van der Waals surface area contributed by atoms with Crippen LogP contribution in [0.15, 0.2) is 12.1 Å². The third-order valence-corrected chi connectivity index (χ3v) is 4.44. The number of nitrogens with one attached hydrogen (secondary N) is 1. The fourth-order valence-electron chi connectivity index (χ4n) is 3.09. The molecular weight excluding hydrogens is 317 g/mol. The van der Waals surface area contributed by atoms with Crippen molar-refractivity contribution in [1.29, 1.82) is 0 Å².